The van der Waals surface area contributed by atoms with E-state index in [4.69, 9.17) is 4.99 Å². The van der Waals surface area contributed by atoms with Crippen LogP contribution in [0.1, 0.15) is 71.1 Å². The Balaban J connectivity index is 1.97. The lowest BCUT2D eigenvalue weighted by Crippen LogP contribution is -2.12. The second kappa shape index (κ2) is 15.4. The smallest absolute Gasteiger partial charge is 0.107 e. The summed E-state index contributed by atoms with van der Waals surface area (Å²) in [5, 5.41) is 3.64. The average Bonchev–Trinajstić information content (AvgIpc) is 2.78. The summed E-state index contributed by atoms with van der Waals surface area (Å²) in [4.78, 5) is 7.53. The Morgan fingerprint density at radius 3 is 1.97 bits per heavy atom. The maximum Gasteiger partial charge on any atom is 0.107 e. The standard InChI is InChI=1S/C26H38N2S2/c1-4-5-6-7-8-9-10-11-12-21-26(27-22-17-13-15-19-24(22)29-2)28-23-18-14-16-20-25(23)30-3/h13-20H,4-12,21H2,1-3H3,(H,27,28). The Labute approximate surface area is 192 Å². The predicted octanol–water partition coefficient (Wildman–Crippen LogP) is 9.19. The highest BCUT2D eigenvalue weighted by Crippen LogP contribution is 2.29. The van der Waals surface area contributed by atoms with Crippen LogP contribution < -0.4 is 5.32 Å². The van der Waals surface area contributed by atoms with Gasteiger partial charge in [0.1, 0.15) is 5.84 Å². The highest BCUT2D eigenvalue weighted by atomic mass is 32.2. The molecule has 2 aromatic carbocycles. The summed E-state index contributed by atoms with van der Waals surface area (Å²) < 4.78 is 0. The zero-order valence-corrected chi connectivity index (χ0v) is 20.6. The van der Waals surface area contributed by atoms with Gasteiger partial charge < -0.3 is 5.32 Å². The Morgan fingerprint density at radius 2 is 1.30 bits per heavy atom. The molecule has 0 saturated heterocycles. The van der Waals surface area contributed by atoms with Gasteiger partial charge in [-0.25, -0.2) is 4.99 Å². The molecule has 1 N–H and O–H groups in total. The molecule has 0 fully saturated rings. The number of unbranched alkanes of at least 4 members (excludes halogenated alkanes) is 8. The fourth-order valence-electron chi connectivity index (χ4n) is 3.52. The molecular weight excluding hydrogens is 404 g/mol. The van der Waals surface area contributed by atoms with Gasteiger partial charge in [-0.2, -0.15) is 0 Å². The zero-order valence-electron chi connectivity index (χ0n) is 19.0. The number of aliphatic imine (C=N–C) groups is 1. The molecule has 0 aliphatic rings. The molecular formula is C26H38N2S2. The summed E-state index contributed by atoms with van der Waals surface area (Å²) in [6.45, 7) is 2.28. The van der Waals surface area contributed by atoms with Crippen LogP contribution in [0.3, 0.4) is 0 Å². The lowest BCUT2D eigenvalue weighted by atomic mass is 10.1. The maximum atomic E-state index is 5.04. The summed E-state index contributed by atoms with van der Waals surface area (Å²) in [6.07, 6.45) is 17.3. The van der Waals surface area contributed by atoms with Crippen molar-refractivity contribution in [2.75, 3.05) is 17.8 Å². The van der Waals surface area contributed by atoms with Crippen molar-refractivity contribution < 1.29 is 0 Å². The van der Waals surface area contributed by atoms with Crippen LogP contribution in [-0.4, -0.2) is 18.3 Å². The molecule has 0 unspecified atom stereocenters. The van der Waals surface area contributed by atoms with Crippen molar-refractivity contribution in [3.63, 3.8) is 0 Å². The van der Waals surface area contributed by atoms with E-state index in [1.165, 1.54) is 67.6 Å². The minimum Gasteiger partial charge on any atom is -0.343 e. The molecule has 2 nitrogen and oxygen atoms in total. The normalized spacial score (nSPS) is 11.6. The lowest BCUT2D eigenvalue weighted by molar-refractivity contribution is 0.568. The fraction of sp³-hybridized carbons (Fsp3) is 0.500. The van der Waals surface area contributed by atoms with Crippen LogP contribution in [0.4, 0.5) is 11.4 Å². The Morgan fingerprint density at radius 1 is 0.733 bits per heavy atom. The fourth-order valence-corrected chi connectivity index (χ4v) is 4.61. The van der Waals surface area contributed by atoms with Crippen LogP contribution in [0.5, 0.6) is 0 Å². The summed E-state index contributed by atoms with van der Waals surface area (Å²) in [5.74, 6) is 1.07. The first-order valence-electron chi connectivity index (χ1n) is 11.4. The van der Waals surface area contributed by atoms with E-state index in [1.54, 1.807) is 23.5 Å². The van der Waals surface area contributed by atoms with Gasteiger partial charge in [0.2, 0.25) is 0 Å². The first kappa shape index (κ1) is 24.9. The molecule has 4 heteroatoms. The van der Waals surface area contributed by atoms with E-state index in [0.29, 0.717) is 0 Å². The van der Waals surface area contributed by atoms with Crippen LogP contribution in [0, 0.1) is 0 Å². The van der Waals surface area contributed by atoms with Crippen molar-refractivity contribution >= 4 is 40.7 Å². The van der Waals surface area contributed by atoms with Crippen molar-refractivity contribution in [1.82, 2.24) is 0 Å². The molecule has 2 rings (SSSR count). The van der Waals surface area contributed by atoms with Gasteiger partial charge in [0.05, 0.1) is 11.4 Å². The average molecular weight is 443 g/mol. The summed E-state index contributed by atoms with van der Waals surface area (Å²) >= 11 is 3.53. The molecule has 0 spiro atoms. The largest absolute Gasteiger partial charge is 0.343 e. The van der Waals surface area contributed by atoms with Gasteiger partial charge in [0, 0.05) is 16.2 Å². The van der Waals surface area contributed by atoms with E-state index >= 15 is 0 Å². The number of rotatable bonds is 14. The van der Waals surface area contributed by atoms with Crippen molar-refractivity contribution in [3.05, 3.63) is 48.5 Å². The molecule has 0 aliphatic heterocycles. The third kappa shape index (κ3) is 9.18. The van der Waals surface area contributed by atoms with E-state index in [-0.39, 0.29) is 0 Å². The molecule has 0 aliphatic carbocycles. The third-order valence-corrected chi connectivity index (χ3v) is 6.82. The van der Waals surface area contributed by atoms with Crippen LogP contribution in [0.25, 0.3) is 0 Å². The molecule has 0 atom stereocenters. The minimum atomic E-state index is 0.987. The van der Waals surface area contributed by atoms with E-state index in [2.05, 4.69) is 73.3 Å². The Kier molecular flexibility index (Phi) is 12.8. The highest BCUT2D eigenvalue weighted by molar-refractivity contribution is 7.99. The van der Waals surface area contributed by atoms with Crippen molar-refractivity contribution in [2.45, 2.75) is 80.9 Å². The van der Waals surface area contributed by atoms with E-state index < -0.39 is 0 Å². The van der Waals surface area contributed by atoms with Crippen molar-refractivity contribution in [3.8, 4) is 0 Å². The Bertz CT molecular complexity index is 758. The molecule has 0 bridgehead atoms. The summed E-state index contributed by atoms with van der Waals surface area (Å²) in [6, 6.07) is 16.9. The Hall–Kier alpha value is -1.39. The first-order valence-corrected chi connectivity index (χ1v) is 13.8. The van der Waals surface area contributed by atoms with Gasteiger partial charge in [-0.05, 0) is 43.2 Å². The molecule has 30 heavy (non-hydrogen) atoms. The van der Waals surface area contributed by atoms with Crippen LogP contribution in [0.15, 0.2) is 63.3 Å². The summed E-state index contributed by atoms with van der Waals surface area (Å²) in [5.41, 5.74) is 2.21. The van der Waals surface area contributed by atoms with Crippen LogP contribution in [0.2, 0.25) is 0 Å². The molecule has 0 radical (unpaired) electrons. The van der Waals surface area contributed by atoms with Gasteiger partial charge in [0.15, 0.2) is 0 Å². The highest BCUT2D eigenvalue weighted by Gasteiger charge is 2.07. The molecule has 0 aromatic heterocycles. The van der Waals surface area contributed by atoms with E-state index in [9.17, 15) is 0 Å². The number of nitrogens with zero attached hydrogens (tertiary/aromatic N) is 1. The molecule has 0 heterocycles. The number of hydrogen-bond acceptors (Lipinski definition) is 3. The third-order valence-electron chi connectivity index (χ3n) is 5.24. The predicted molar refractivity (Wildman–Crippen MR) is 139 cm³/mol. The SMILES string of the molecule is CCCCCCCCCCCC(=Nc1ccccc1SC)Nc1ccccc1SC. The monoisotopic (exact) mass is 442 g/mol. The van der Waals surface area contributed by atoms with Crippen LogP contribution >= 0.6 is 23.5 Å². The number of benzene rings is 2. The van der Waals surface area contributed by atoms with Gasteiger partial charge in [-0.3, -0.25) is 0 Å². The van der Waals surface area contributed by atoms with Crippen LogP contribution in [-0.2, 0) is 0 Å². The molecule has 0 saturated carbocycles. The number of amidine groups is 1. The molecule has 164 valence electrons. The van der Waals surface area contributed by atoms with Gasteiger partial charge >= 0.3 is 0 Å². The van der Waals surface area contributed by atoms with E-state index in [0.717, 1.165) is 23.6 Å². The topological polar surface area (TPSA) is 24.4 Å². The van der Waals surface area contributed by atoms with Crippen molar-refractivity contribution in [1.29, 1.82) is 0 Å². The number of thioether (sulfide) groups is 2. The quantitative estimate of drug-likeness (QED) is 0.136. The van der Waals surface area contributed by atoms with Gasteiger partial charge in [-0.1, -0.05) is 82.6 Å². The summed E-state index contributed by atoms with van der Waals surface area (Å²) in [7, 11) is 0. The van der Waals surface area contributed by atoms with Gasteiger partial charge in [-0.15, -0.1) is 23.5 Å². The number of nitrogens with one attached hydrogen (secondary N) is 1. The second-order valence-electron chi connectivity index (χ2n) is 7.63. The zero-order chi connectivity index (χ0) is 21.4. The lowest BCUT2D eigenvalue weighted by Gasteiger charge is -2.14. The number of hydrogen-bond donors (Lipinski definition) is 1. The van der Waals surface area contributed by atoms with Gasteiger partial charge in [0.25, 0.3) is 0 Å². The number of para-hydroxylation sites is 2. The molecule has 0 amide bonds. The molecule has 2 aromatic rings. The second-order valence-corrected chi connectivity index (χ2v) is 9.33. The number of anilines is 1. The minimum absolute atomic E-state index is 0.987. The first-order chi connectivity index (χ1) is 14.8. The maximum absolute atomic E-state index is 5.04. The van der Waals surface area contributed by atoms with E-state index in [1.807, 2.05) is 0 Å². The van der Waals surface area contributed by atoms with Crippen molar-refractivity contribution in [2.24, 2.45) is 4.99 Å².